The molecule has 1 aliphatic heterocycles. The van der Waals surface area contributed by atoms with Crippen LogP contribution in [-0.4, -0.2) is 71.3 Å². The maximum Gasteiger partial charge on any atom is 0.373 e. The first-order valence-corrected chi connectivity index (χ1v) is 6.11. The van der Waals surface area contributed by atoms with Gasteiger partial charge in [0.1, 0.15) is 24.3 Å². The number of hydrogen-bond acceptors (Lipinski definition) is 9. The monoisotopic (exact) mass is 983 g/mol. The van der Waals surface area contributed by atoms with Crippen LogP contribution in [0.1, 0.15) is 0 Å². The summed E-state index contributed by atoms with van der Waals surface area (Å²) in [5.41, 5.74) is 5.84. The van der Waals surface area contributed by atoms with E-state index in [1.807, 2.05) is 0 Å². The van der Waals surface area contributed by atoms with E-state index in [2.05, 4.69) is 10.1 Å². The van der Waals surface area contributed by atoms with E-state index in [9.17, 15) is 19.8 Å². The summed E-state index contributed by atoms with van der Waals surface area (Å²) in [4.78, 5) is 21.8. The Morgan fingerprint density at radius 3 is 2.54 bits per heavy atom. The van der Waals surface area contributed by atoms with Gasteiger partial charge >= 0.3 is 5.97 Å². The minimum Gasteiger partial charge on any atom is -0.478 e. The van der Waals surface area contributed by atoms with Crippen LogP contribution in [0, 0.1) is 132 Å². The Bertz CT molecular complexity index is 460. The van der Waals surface area contributed by atoms with Gasteiger partial charge in [0.25, 0.3) is 0 Å². The van der Waals surface area contributed by atoms with Crippen LogP contribution in [-0.2, 0) is 19.1 Å². The molecule has 0 aromatic carbocycles. The van der Waals surface area contributed by atoms with Gasteiger partial charge in [-0.05, 0) is 6.08 Å². The minimum atomic E-state index is -1.55. The van der Waals surface area contributed by atoms with Gasteiger partial charge in [-0.15, -0.1) is 0 Å². The molecule has 1 heterocycles. The Kier molecular flexibility index (Phi) is 21.3. The summed E-state index contributed by atoms with van der Waals surface area (Å²) in [5, 5.41) is 31.0. The molecular weight excluding hydrogens is 965 g/mol. The molecule has 0 saturated heterocycles. The normalized spacial score (nSPS) is 24.0. The first-order valence-electron chi connectivity index (χ1n) is 6.11. The number of hydrogen-bond donors (Lipinski definition) is 5. The topological polar surface area (TPSA) is 151 Å². The average molecular weight is 983 g/mol. The van der Waals surface area contributed by atoms with E-state index in [0.717, 1.165) is 13.3 Å². The summed E-state index contributed by atoms with van der Waals surface area (Å²) in [6.45, 7) is -0.718. The molecule has 0 aromatic rings. The van der Waals surface area contributed by atoms with E-state index in [0.29, 0.717) is 0 Å². The molecular formula is C12H18Ac3N2O7. The van der Waals surface area contributed by atoms with Crippen LogP contribution in [0.5, 0.6) is 0 Å². The standard InChI is InChI=1S/C12H18N2O7.3Ac/c1-20-12(19)8-4-6(13)9(14-2-3-15)11(21-8)10(18)7(17)5-16;;;/h2,4,6-7,9-11,14,16-18H,5,13H2,1H3;;;/t6?,7?,9?,10?,11-;;;/m1.../s1. The molecule has 0 bridgehead atoms. The molecule has 24 heavy (non-hydrogen) atoms. The van der Waals surface area contributed by atoms with Gasteiger partial charge in [0.2, 0.25) is 5.76 Å². The number of nitrogens with one attached hydrogen (secondary N) is 1. The number of aliphatic hydroxyl groups excluding tert-OH is 3. The number of methoxy groups -OCH3 is 1. The fraction of sp³-hybridized carbons (Fsp3) is 0.583. The van der Waals surface area contributed by atoms with Gasteiger partial charge in [0, 0.05) is 132 Å². The summed E-state index contributed by atoms with van der Waals surface area (Å²) in [7, 11) is 1.14. The van der Waals surface area contributed by atoms with Crippen molar-refractivity contribution in [2.45, 2.75) is 30.4 Å². The Morgan fingerprint density at radius 1 is 1.50 bits per heavy atom. The van der Waals surface area contributed by atoms with Crippen LogP contribution in [0.25, 0.3) is 0 Å². The number of rotatable bonds is 6. The third-order valence-electron chi connectivity index (χ3n) is 3.01. The SMILES string of the molecule is COC(=O)C1=CC(N)C(NC=C=O)[C@H](C(O)C(O)CO)O1.[Ac].[Ac].[Ac]. The van der Waals surface area contributed by atoms with Crippen molar-refractivity contribution in [3.05, 3.63) is 18.0 Å². The average Bonchev–Trinajstić information content (AvgIpc) is 2.50. The molecule has 6 N–H and O–H groups in total. The van der Waals surface area contributed by atoms with E-state index in [4.69, 9.17) is 15.6 Å². The Balaban J connectivity index is -0.00000147. The molecule has 4 unspecified atom stereocenters. The summed E-state index contributed by atoms with van der Waals surface area (Å²) < 4.78 is 9.77. The fourth-order valence-electron chi connectivity index (χ4n) is 1.92. The van der Waals surface area contributed by atoms with Crippen molar-refractivity contribution in [1.29, 1.82) is 0 Å². The van der Waals surface area contributed by atoms with E-state index < -0.39 is 43.0 Å². The predicted molar refractivity (Wildman–Crippen MR) is 69.2 cm³/mol. The van der Waals surface area contributed by atoms with Crippen LogP contribution in [0.2, 0.25) is 0 Å². The van der Waals surface area contributed by atoms with Crippen molar-refractivity contribution in [1.82, 2.24) is 5.32 Å². The van der Waals surface area contributed by atoms with Gasteiger partial charge in [-0.2, -0.15) is 0 Å². The number of ether oxygens (including phenoxy) is 2. The summed E-state index contributed by atoms with van der Waals surface area (Å²) >= 11 is 0. The molecule has 3 radical (unpaired) electrons. The largest absolute Gasteiger partial charge is 0.478 e. The van der Waals surface area contributed by atoms with Gasteiger partial charge in [0.15, 0.2) is 0 Å². The number of carbonyl (C=O) groups is 1. The van der Waals surface area contributed by atoms with Gasteiger partial charge < -0.3 is 35.8 Å². The molecule has 0 amide bonds. The zero-order valence-electron chi connectivity index (χ0n) is 13.0. The molecule has 1 rings (SSSR count). The second kappa shape index (κ2) is 16.4. The van der Waals surface area contributed by atoms with Crippen LogP contribution in [0.3, 0.4) is 0 Å². The van der Waals surface area contributed by atoms with Crippen LogP contribution in [0.4, 0.5) is 0 Å². The van der Waals surface area contributed by atoms with Crippen LogP contribution in [0.15, 0.2) is 18.0 Å². The fourth-order valence-corrected chi connectivity index (χ4v) is 1.92. The smallest absolute Gasteiger partial charge is 0.373 e. The number of esters is 1. The van der Waals surface area contributed by atoms with E-state index in [1.165, 1.54) is 12.0 Å². The van der Waals surface area contributed by atoms with Crippen LogP contribution >= 0.6 is 0 Å². The molecule has 1 aliphatic rings. The van der Waals surface area contributed by atoms with E-state index in [1.54, 1.807) is 0 Å². The molecule has 12 heteroatoms. The Morgan fingerprint density at radius 2 is 2.08 bits per heavy atom. The molecule has 0 aliphatic carbocycles. The second-order valence-corrected chi connectivity index (χ2v) is 4.38. The van der Waals surface area contributed by atoms with Crippen molar-refractivity contribution in [2.75, 3.05) is 13.7 Å². The van der Waals surface area contributed by atoms with Gasteiger partial charge in [-0.1, -0.05) is 0 Å². The first-order chi connectivity index (χ1) is 9.96. The van der Waals surface area contributed by atoms with Gasteiger partial charge in [-0.25, -0.2) is 9.59 Å². The third kappa shape index (κ3) is 9.08. The van der Waals surface area contributed by atoms with Crippen molar-refractivity contribution < 1.29 is 167 Å². The zero-order valence-corrected chi connectivity index (χ0v) is 27.3. The predicted octanol–water partition coefficient (Wildman–Crippen LogP) is -3.21. The third-order valence-corrected chi connectivity index (χ3v) is 3.01. The van der Waals surface area contributed by atoms with Crippen LogP contribution < -0.4 is 11.1 Å². The van der Waals surface area contributed by atoms with Crippen molar-refractivity contribution >= 4 is 11.9 Å². The Labute approximate surface area is 246 Å². The number of nitrogens with two attached hydrogens (primary N) is 1. The molecule has 0 aromatic heterocycles. The molecule has 5 atom stereocenters. The number of aliphatic hydroxyl groups is 3. The summed E-state index contributed by atoms with van der Waals surface area (Å²) in [6, 6.07) is -1.64. The summed E-state index contributed by atoms with van der Waals surface area (Å²) in [5.74, 6) is 0.451. The second-order valence-electron chi connectivity index (χ2n) is 4.38. The molecule has 127 valence electrons. The maximum absolute atomic E-state index is 11.5. The first kappa shape index (κ1) is 31.1. The van der Waals surface area contributed by atoms with E-state index in [-0.39, 0.29) is 138 Å². The molecule has 0 spiro atoms. The van der Waals surface area contributed by atoms with Crippen molar-refractivity contribution in [3.63, 3.8) is 0 Å². The quantitative estimate of drug-likeness (QED) is 0.137. The molecule has 0 fully saturated rings. The zero-order chi connectivity index (χ0) is 16.0. The minimum absolute atomic E-state index is 0. The van der Waals surface area contributed by atoms with Crippen molar-refractivity contribution in [2.24, 2.45) is 5.73 Å². The molecule has 0 saturated carbocycles. The van der Waals surface area contributed by atoms with Gasteiger partial charge in [-0.3, -0.25) is 0 Å². The summed E-state index contributed by atoms with van der Waals surface area (Å²) in [6.07, 6.45) is -2.06. The van der Waals surface area contributed by atoms with E-state index >= 15 is 0 Å². The Hall–Kier alpha value is 2.42. The number of carbonyl (C=O) groups excluding carboxylic acids is 2. The van der Waals surface area contributed by atoms with Crippen molar-refractivity contribution in [3.8, 4) is 0 Å². The van der Waals surface area contributed by atoms with Gasteiger partial charge in [0.05, 0.1) is 32.0 Å². The maximum atomic E-state index is 11.5. The molecule has 9 nitrogen and oxygen atoms in total.